The first-order chi connectivity index (χ1) is 19.6. The molecule has 208 valence electrons. The number of nitrogens with zero attached hydrogens (tertiary/aromatic N) is 7. The Kier molecular flexibility index (Phi) is 8.62. The van der Waals surface area contributed by atoms with Crippen molar-refractivity contribution in [3.8, 4) is 0 Å². The van der Waals surface area contributed by atoms with Gasteiger partial charge < -0.3 is 24.7 Å². The number of aliphatic hydroxyl groups is 2. The second-order valence-corrected chi connectivity index (χ2v) is 9.93. The first kappa shape index (κ1) is 27.2. The molecule has 0 aliphatic rings. The highest BCUT2D eigenvalue weighted by Crippen LogP contribution is 2.23. The molecule has 2 aromatic carbocycles. The molecule has 0 aliphatic carbocycles. The highest BCUT2D eigenvalue weighted by Gasteiger charge is 2.08. The number of nitrogens with one attached hydrogen (secondary N) is 2. The van der Waals surface area contributed by atoms with Crippen molar-refractivity contribution in [3.63, 3.8) is 0 Å². The summed E-state index contributed by atoms with van der Waals surface area (Å²) in [4.78, 5) is 6.53. The fraction of sp³-hybridized carbons (Fsp3) is 0.345. The summed E-state index contributed by atoms with van der Waals surface area (Å²) in [5, 5.41) is 39.8. The van der Waals surface area contributed by atoms with Crippen LogP contribution in [0.3, 0.4) is 0 Å². The number of fused-ring (bicyclic) bond motifs is 2. The zero-order valence-electron chi connectivity index (χ0n) is 22.9. The molecule has 11 heteroatoms. The van der Waals surface area contributed by atoms with Crippen LogP contribution in [-0.2, 0) is 25.9 Å². The summed E-state index contributed by atoms with van der Waals surface area (Å²) >= 11 is 0. The van der Waals surface area contributed by atoms with Crippen LogP contribution in [0, 0.1) is 13.8 Å². The molecule has 6 rings (SSSR count). The van der Waals surface area contributed by atoms with Crippen LogP contribution in [-0.4, -0.2) is 68.4 Å². The van der Waals surface area contributed by atoms with Crippen molar-refractivity contribution in [2.75, 3.05) is 13.2 Å². The number of unbranched alkanes of at least 4 members (excludes halogenated alkanes) is 1. The Morgan fingerprint density at radius 3 is 2.00 bits per heavy atom. The molecule has 6 aromatic rings. The molecule has 0 saturated carbocycles. The van der Waals surface area contributed by atoms with Crippen LogP contribution in [0.4, 0.5) is 0 Å². The minimum absolute atomic E-state index is 0.168. The van der Waals surface area contributed by atoms with Gasteiger partial charge in [0.2, 0.25) is 0 Å². The van der Waals surface area contributed by atoms with E-state index in [4.69, 9.17) is 10.2 Å². The zero-order chi connectivity index (χ0) is 27.9. The average Bonchev–Trinajstić information content (AvgIpc) is 3.75. The van der Waals surface area contributed by atoms with E-state index < -0.39 is 0 Å². The third-order valence-electron chi connectivity index (χ3n) is 7.10. The predicted octanol–water partition coefficient (Wildman–Crippen LogP) is 3.48. The Bertz CT molecular complexity index is 1680. The SMILES string of the molecule is Cc1nncn1Cc1ccc2[nH]cc(CCO)c2c1.Cc1nnnn1Cc1ccc2[nH]cc(CCCCO)c2c1. The normalized spacial score (nSPS) is 11.3. The molecule has 4 aromatic heterocycles. The van der Waals surface area contributed by atoms with Crippen LogP contribution < -0.4 is 0 Å². The summed E-state index contributed by atoms with van der Waals surface area (Å²) in [6, 6.07) is 12.7. The Labute approximate surface area is 231 Å². The second kappa shape index (κ2) is 12.7. The molecule has 4 N–H and O–H groups in total. The Balaban J connectivity index is 0.000000162. The molecule has 0 atom stereocenters. The van der Waals surface area contributed by atoms with Gasteiger partial charge in [0.15, 0.2) is 0 Å². The molecule has 0 saturated heterocycles. The summed E-state index contributed by atoms with van der Waals surface area (Å²) < 4.78 is 3.80. The van der Waals surface area contributed by atoms with Gasteiger partial charge in [-0.3, -0.25) is 0 Å². The van der Waals surface area contributed by atoms with Gasteiger partial charge in [-0.05, 0) is 96.5 Å². The number of hydrogen-bond acceptors (Lipinski definition) is 7. The lowest BCUT2D eigenvalue weighted by Gasteiger charge is -2.05. The second-order valence-electron chi connectivity index (χ2n) is 9.93. The number of rotatable bonds is 10. The highest BCUT2D eigenvalue weighted by molar-refractivity contribution is 5.84. The van der Waals surface area contributed by atoms with E-state index in [2.05, 4.69) is 78.3 Å². The fourth-order valence-electron chi connectivity index (χ4n) is 4.84. The first-order valence-electron chi connectivity index (χ1n) is 13.5. The monoisotopic (exact) mass is 541 g/mol. The van der Waals surface area contributed by atoms with E-state index in [1.54, 1.807) is 11.0 Å². The predicted molar refractivity (Wildman–Crippen MR) is 153 cm³/mol. The van der Waals surface area contributed by atoms with Crippen molar-refractivity contribution >= 4 is 21.8 Å². The Hall–Kier alpha value is -4.35. The van der Waals surface area contributed by atoms with E-state index in [1.165, 1.54) is 27.5 Å². The number of H-pyrrole nitrogens is 2. The Morgan fingerprint density at radius 2 is 1.43 bits per heavy atom. The quantitative estimate of drug-likeness (QED) is 0.194. The molecule has 0 bridgehead atoms. The number of benzene rings is 2. The van der Waals surface area contributed by atoms with Gasteiger partial charge >= 0.3 is 0 Å². The van der Waals surface area contributed by atoms with Crippen molar-refractivity contribution < 1.29 is 10.2 Å². The van der Waals surface area contributed by atoms with Gasteiger partial charge in [-0.1, -0.05) is 12.1 Å². The molecule has 0 amide bonds. The third-order valence-corrected chi connectivity index (χ3v) is 7.10. The summed E-state index contributed by atoms with van der Waals surface area (Å²) in [7, 11) is 0. The van der Waals surface area contributed by atoms with Gasteiger partial charge in [0.1, 0.15) is 18.0 Å². The summed E-state index contributed by atoms with van der Waals surface area (Å²) in [6.07, 6.45) is 9.27. The standard InChI is InChI=1S/C15H19N5O.C14H16N4O/c1-11-17-18-19-20(11)10-12-5-6-15-14(8-12)13(9-16-15)4-2-3-7-21;1-10-17-16-9-18(10)8-11-2-3-14-13(6-11)12(4-5-19)7-15-14/h5-6,8-9,16,21H,2-4,7,10H2,1H3;2-3,6-7,9,15,19H,4-5,8H2,1H3. The van der Waals surface area contributed by atoms with Crippen LogP contribution in [0.25, 0.3) is 21.8 Å². The van der Waals surface area contributed by atoms with Gasteiger partial charge in [-0.25, -0.2) is 4.68 Å². The Morgan fingerprint density at radius 1 is 0.750 bits per heavy atom. The lowest BCUT2D eigenvalue weighted by atomic mass is 10.0. The maximum Gasteiger partial charge on any atom is 0.148 e. The van der Waals surface area contributed by atoms with Crippen LogP contribution in [0.2, 0.25) is 0 Å². The molecule has 0 spiro atoms. The molecule has 0 radical (unpaired) electrons. The maximum atomic E-state index is 9.08. The lowest BCUT2D eigenvalue weighted by Crippen LogP contribution is -2.04. The number of aryl methyl sites for hydroxylation is 3. The molecular weight excluding hydrogens is 506 g/mol. The third kappa shape index (κ3) is 6.27. The number of aliphatic hydroxyl groups excluding tert-OH is 2. The molecular formula is C29H35N9O2. The maximum absolute atomic E-state index is 9.08. The highest BCUT2D eigenvalue weighted by atomic mass is 16.3. The van der Waals surface area contributed by atoms with Crippen molar-refractivity contribution in [2.45, 2.75) is 52.6 Å². The van der Waals surface area contributed by atoms with Crippen molar-refractivity contribution in [1.82, 2.24) is 44.9 Å². The van der Waals surface area contributed by atoms with E-state index in [0.29, 0.717) is 13.0 Å². The topological polar surface area (TPSA) is 146 Å². The van der Waals surface area contributed by atoms with Crippen LogP contribution >= 0.6 is 0 Å². The van der Waals surface area contributed by atoms with E-state index in [0.717, 1.165) is 54.1 Å². The summed E-state index contributed by atoms with van der Waals surface area (Å²) in [5.41, 5.74) is 7.09. The molecule has 0 unspecified atom stereocenters. The van der Waals surface area contributed by atoms with E-state index in [9.17, 15) is 0 Å². The van der Waals surface area contributed by atoms with Crippen LogP contribution in [0.5, 0.6) is 0 Å². The van der Waals surface area contributed by atoms with Crippen molar-refractivity contribution in [2.24, 2.45) is 0 Å². The number of tetrazole rings is 1. The van der Waals surface area contributed by atoms with Gasteiger partial charge in [-0.15, -0.1) is 15.3 Å². The summed E-state index contributed by atoms with van der Waals surface area (Å²) in [5.74, 6) is 1.72. The van der Waals surface area contributed by atoms with E-state index in [1.807, 2.05) is 24.6 Å². The molecule has 0 fully saturated rings. The number of aromatic amines is 2. The van der Waals surface area contributed by atoms with Crippen LogP contribution in [0.15, 0.2) is 55.1 Å². The zero-order valence-corrected chi connectivity index (χ0v) is 22.9. The minimum atomic E-state index is 0.168. The fourth-order valence-corrected chi connectivity index (χ4v) is 4.84. The van der Waals surface area contributed by atoms with Gasteiger partial charge in [0.05, 0.1) is 13.1 Å². The molecule has 40 heavy (non-hydrogen) atoms. The number of hydrogen-bond donors (Lipinski definition) is 4. The lowest BCUT2D eigenvalue weighted by molar-refractivity contribution is 0.284. The van der Waals surface area contributed by atoms with Crippen molar-refractivity contribution in [3.05, 3.63) is 89.0 Å². The van der Waals surface area contributed by atoms with Gasteiger partial charge in [-0.2, -0.15) is 0 Å². The average molecular weight is 542 g/mol. The molecule has 11 nitrogen and oxygen atoms in total. The molecule has 0 aliphatic heterocycles. The van der Waals surface area contributed by atoms with E-state index >= 15 is 0 Å². The largest absolute Gasteiger partial charge is 0.396 e. The number of aromatic nitrogens is 9. The van der Waals surface area contributed by atoms with E-state index in [-0.39, 0.29) is 13.2 Å². The van der Waals surface area contributed by atoms with Crippen LogP contribution in [0.1, 0.15) is 46.7 Å². The van der Waals surface area contributed by atoms with Gasteiger partial charge in [0.25, 0.3) is 0 Å². The summed E-state index contributed by atoms with van der Waals surface area (Å²) in [6.45, 7) is 5.70. The smallest absolute Gasteiger partial charge is 0.148 e. The molecule has 4 heterocycles. The first-order valence-corrected chi connectivity index (χ1v) is 13.5. The van der Waals surface area contributed by atoms with Gasteiger partial charge in [0, 0.05) is 47.4 Å². The minimum Gasteiger partial charge on any atom is -0.396 e. The van der Waals surface area contributed by atoms with Crippen molar-refractivity contribution in [1.29, 1.82) is 0 Å².